The van der Waals surface area contributed by atoms with Gasteiger partial charge in [0.05, 0.1) is 17.1 Å². The molecule has 1 unspecified atom stereocenters. The van der Waals surface area contributed by atoms with E-state index in [4.69, 9.17) is 0 Å². The molecule has 0 aliphatic carbocycles. The zero-order valence-electron chi connectivity index (χ0n) is 12.8. The Labute approximate surface area is 138 Å². The highest BCUT2D eigenvalue weighted by Gasteiger charge is 2.18. The summed E-state index contributed by atoms with van der Waals surface area (Å²) in [5.41, 5.74) is 2.50. The van der Waals surface area contributed by atoms with Gasteiger partial charge in [-0.3, -0.25) is 9.78 Å². The van der Waals surface area contributed by atoms with E-state index in [2.05, 4.69) is 26.5 Å². The molecule has 1 atom stereocenters. The number of imidazole rings is 1. The van der Waals surface area contributed by atoms with Gasteiger partial charge in [0.15, 0.2) is 0 Å². The molecule has 0 saturated heterocycles. The third-order valence-electron chi connectivity index (χ3n) is 3.60. The minimum Gasteiger partial charge on any atom is -0.342 e. The Bertz CT molecular complexity index is 754. The van der Waals surface area contributed by atoms with Crippen molar-refractivity contribution in [3.05, 3.63) is 60.2 Å². The van der Waals surface area contributed by atoms with E-state index in [0.29, 0.717) is 5.56 Å². The van der Waals surface area contributed by atoms with Gasteiger partial charge in [-0.1, -0.05) is 12.1 Å². The predicted octanol–water partition coefficient (Wildman–Crippen LogP) is 3.18. The van der Waals surface area contributed by atoms with Crippen molar-refractivity contribution in [2.24, 2.45) is 0 Å². The van der Waals surface area contributed by atoms with Crippen molar-refractivity contribution in [1.82, 2.24) is 20.3 Å². The summed E-state index contributed by atoms with van der Waals surface area (Å²) in [7, 11) is 0. The molecule has 0 radical (unpaired) electrons. The van der Waals surface area contributed by atoms with Gasteiger partial charge in [-0.2, -0.15) is 11.8 Å². The van der Waals surface area contributed by atoms with Crippen LogP contribution in [0.1, 0.15) is 28.6 Å². The SMILES string of the molecule is CSCCC(NC(=O)c1ccncc1)c1nc2ccccc2[nH]1. The van der Waals surface area contributed by atoms with Crippen molar-refractivity contribution in [3.63, 3.8) is 0 Å². The van der Waals surface area contributed by atoms with Crippen LogP contribution < -0.4 is 5.32 Å². The van der Waals surface area contributed by atoms with Crippen molar-refractivity contribution in [1.29, 1.82) is 0 Å². The van der Waals surface area contributed by atoms with Gasteiger partial charge in [0, 0.05) is 18.0 Å². The van der Waals surface area contributed by atoms with Crippen LogP contribution in [-0.4, -0.2) is 32.9 Å². The number of nitrogens with zero attached hydrogens (tertiary/aromatic N) is 2. The largest absolute Gasteiger partial charge is 0.342 e. The third kappa shape index (κ3) is 3.71. The second-order valence-electron chi connectivity index (χ2n) is 5.18. The molecule has 3 aromatic rings. The fourth-order valence-electron chi connectivity index (χ4n) is 2.40. The summed E-state index contributed by atoms with van der Waals surface area (Å²) in [5, 5.41) is 3.07. The van der Waals surface area contributed by atoms with E-state index in [1.165, 1.54) is 0 Å². The average Bonchev–Trinajstić information content (AvgIpc) is 3.03. The lowest BCUT2D eigenvalue weighted by molar-refractivity contribution is 0.0934. The Kier molecular flexibility index (Phi) is 4.92. The van der Waals surface area contributed by atoms with Crippen LogP contribution in [0.4, 0.5) is 0 Å². The highest BCUT2D eigenvalue weighted by Crippen LogP contribution is 2.20. The van der Waals surface area contributed by atoms with Crippen LogP contribution in [0.25, 0.3) is 11.0 Å². The van der Waals surface area contributed by atoms with Crippen molar-refractivity contribution in [2.45, 2.75) is 12.5 Å². The average molecular weight is 326 g/mol. The smallest absolute Gasteiger partial charge is 0.251 e. The molecule has 0 aliphatic rings. The van der Waals surface area contributed by atoms with E-state index in [-0.39, 0.29) is 11.9 Å². The van der Waals surface area contributed by atoms with E-state index in [1.807, 2.05) is 24.3 Å². The van der Waals surface area contributed by atoms with Crippen molar-refractivity contribution in [2.75, 3.05) is 12.0 Å². The number of carbonyl (C=O) groups is 1. The number of nitrogens with one attached hydrogen (secondary N) is 2. The molecule has 1 aromatic carbocycles. The molecule has 5 nitrogen and oxygen atoms in total. The Morgan fingerprint density at radius 1 is 1.26 bits per heavy atom. The standard InChI is InChI=1S/C17H18N4OS/c1-23-11-8-15(21-17(22)12-6-9-18-10-7-12)16-19-13-4-2-3-5-14(13)20-16/h2-7,9-10,15H,8,11H2,1H3,(H,19,20)(H,21,22). The number of para-hydroxylation sites is 2. The lowest BCUT2D eigenvalue weighted by Crippen LogP contribution is -2.29. The number of hydrogen-bond acceptors (Lipinski definition) is 4. The lowest BCUT2D eigenvalue weighted by Gasteiger charge is -2.16. The van der Waals surface area contributed by atoms with Gasteiger partial charge < -0.3 is 10.3 Å². The van der Waals surface area contributed by atoms with Crippen LogP contribution in [0.3, 0.4) is 0 Å². The summed E-state index contributed by atoms with van der Waals surface area (Å²) >= 11 is 1.75. The van der Waals surface area contributed by atoms with Gasteiger partial charge in [0.25, 0.3) is 5.91 Å². The van der Waals surface area contributed by atoms with Gasteiger partial charge in [-0.15, -0.1) is 0 Å². The summed E-state index contributed by atoms with van der Waals surface area (Å²) in [6, 6.07) is 11.2. The Morgan fingerprint density at radius 3 is 2.78 bits per heavy atom. The molecular formula is C17H18N4OS. The molecular weight excluding hydrogens is 308 g/mol. The van der Waals surface area contributed by atoms with Crippen LogP contribution in [-0.2, 0) is 0 Å². The summed E-state index contributed by atoms with van der Waals surface area (Å²) in [6.07, 6.45) is 6.11. The number of aromatic nitrogens is 3. The second-order valence-corrected chi connectivity index (χ2v) is 6.17. The van der Waals surface area contributed by atoms with Crippen molar-refractivity contribution in [3.8, 4) is 0 Å². The highest BCUT2D eigenvalue weighted by molar-refractivity contribution is 7.98. The summed E-state index contributed by atoms with van der Waals surface area (Å²) in [6.45, 7) is 0. The summed E-state index contributed by atoms with van der Waals surface area (Å²) in [5.74, 6) is 1.62. The minimum absolute atomic E-state index is 0.112. The fourth-order valence-corrected chi connectivity index (χ4v) is 2.87. The van der Waals surface area contributed by atoms with Gasteiger partial charge >= 0.3 is 0 Å². The third-order valence-corrected chi connectivity index (χ3v) is 4.24. The maximum atomic E-state index is 12.4. The maximum absolute atomic E-state index is 12.4. The molecule has 0 spiro atoms. The van der Waals surface area contributed by atoms with Crippen LogP contribution in [0.15, 0.2) is 48.8 Å². The molecule has 0 saturated carbocycles. The molecule has 3 rings (SSSR count). The number of aromatic amines is 1. The Hall–Kier alpha value is -2.34. The van der Waals surface area contributed by atoms with Crippen LogP contribution in [0.5, 0.6) is 0 Å². The first kappa shape index (κ1) is 15.6. The molecule has 2 heterocycles. The van der Waals surface area contributed by atoms with Gasteiger partial charge in [0.1, 0.15) is 5.82 Å². The van der Waals surface area contributed by atoms with E-state index >= 15 is 0 Å². The zero-order chi connectivity index (χ0) is 16.1. The van der Waals surface area contributed by atoms with Crippen LogP contribution in [0.2, 0.25) is 0 Å². The minimum atomic E-state index is -0.143. The van der Waals surface area contributed by atoms with Crippen LogP contribution >= 0.6 is 11.8 Å². The first-order valence-electron chi connectivity index (χ1n) is 7.42. The number of fused-ring (bicyclic) bond motifs is 1. The number of hydrogen-bond donors (Lipinski definition) is 2. The van der Waals surface area contributed by atoms with E-state index in [1.54, 1.807) is 36.3 Å². The lowest BCUT2D eigenvalue weighted by atomic mass is 10.2. The number of rotatable bonds is 6. The highest BCUT2D eigenvalue weighted by atomic mass is 32.2. The quantitative estimate of drug-likeness (QED) is 0.730. The Morgan fingerprint density at radius 2 is 2.04 bits per heavy atom. The fraction of sp³-hybridized carbons (Fsp3) is 0.235. The molecule has 0 aliphatic heterocycles. The number of pyridine rings is 1. The molecule has 23 heavy (non-hydrogen) atoms. The number of H-pyrrole nitrogens is 1. The molecule has 6 heteroatoms. The number of benzene rings is 1. The topological polar surface area (TPSA) is 70.7 Å². The van der Waals surface area contributed by atoms with Crippen LogP contribution in [0, 0.1) is 0 Å². The van der Waals surface area contributed by atoms with Crippen molar-refractivity contribution >= 4 is 28.7 Å². The number of amides is 1. The molecule has 2 aromatic heterocycles. The monoisotopic (exact) mass is 326 g/mol. The Balaban J connectivity index is 1.83. The molecule has 118 valence electrons. The van der Waals surface area contributed by atoms with E-state index < -0.39 is 0 Å². The molecule has 0 fully saturated rings. The number of thioether (sulfide) groups is 1. The summed E-state index contributed by atoms with van der Waals surface area (Å²) < 4.78 is 0. The second kappa shape index (κ2) is 7.28. The first-order valence-corrected chi connectivity index (χ1v) is 8.82. The normalized spacial score (nSPS) is 12.2. The van der Waals surface area contributed by atoms with E-state index in [0.717, 1.165) is 29.0 Å². The van der Waals surface area contributed by atoms with Gasteiger partial charge in [-0.05, 0) is 42.7 Å². The van der Waals surface area contributed by atoms with E-state index in [9.17, 15) is 4.79 Å². The van der Waals surface area contributed by atoms with Crippen molar-refractivity contribution < 1.29 is 4.79 Å². The predicted molar refractivity (Wildman–Crippen MR) is 93.5 cm³/mol. The zero-order valence-corrected chi connectivity index (χ0v) is 13.6. The van der Waals surface area contributed by atoms with Gasteiger partial charge in [0.2, 0.25) is 0 Å². The molecule has 0 bridgehead atoms. The first-order chi connectivity index (χ1) is 11.3. The number of carbonyl (C=O) groups excluding carboxylic acids is 1. The van der Waals surface area contributed by atoms with Gasteiger partial charge in [-0.25, -0.2) is 4.98 Å². The molecule has 2 N–H and O–H groups in total. The maximum Gasteiger partial charge on any atom is 0.251 e. The molecule has 1 amide bonds. The summed E-state index contributed by atoms with van der Waals surface area (Å²) in [4.78, 5) is 24.3.